The summed E-state index contributed by atoms with van der Waals surface area (Å²) in [6, 6.07) is 6.65. The second kappa shape index (κ2) is 7.55. The van der Waals surface area contributed by atoms with Gasteiger partial charge in [0.25, 0.3) is 10.0 Å². The van der Waals surface area contributed by atoms with Crippen molar-refractivity contribution in [3.8, 4) is 0 Å². The van der Waals surface area contributed by atoms with E-state index in [4.69, 9.17) is 0 Å². The molecular formula is C19H21N3O3S3. The summed E-state index contributed by atoms with van der Waals surface area (Å²) in [6.07, 6.45) is 2.10. The van der Waals surface area contributed by atoms with Crippen molar-refractivity contribution in [1.29, 1.82) is 0 Å². The number of nitrogens with one attached hydrogen (secondary N) is 1. The highest BCUT2D eigenvalue weighted by Gasteiger charge is 2.38. The Morgan fingerprint density at radius 1 is 1.25 bits per heavy atom. The number of aryl methyl sites for hydroxylation is 2. The first-order valence-electron chi connectivity index (χ1n) is 9.10. The minimum absolute atomic E-state index is 0.276. The predicted molar refractivity (Wildman–Crippen MR) is 114 cm³/mol. The van der Waals surface area contributed by atoms with E-state index >= 15 is 0 Å². The van der Waals surface area contributed by atoms with Crippen LogP contribution < -0.4 is 5.32 Å². The third-order valence-corrected chi connectivity index (χ3v) is 9.26. The van der Waals surface area contributed by atoms with E-state index in [2.05, 4.69) is 16.4 Å². The zero-order valence-electron chi connectivity index (χ0n) is 15.6. The van der Waals surface area contributed by atoms with Crippen molar-refractivity contribution in [2.24, 2.45) is 0 Å². The third-order valence-electron chi connectivity index (χ3n) is 5.05. The number of benzene rings is 1. The van der Waals surface area contributed by atoms with E-state index < -0.39 is 16.1 Å². The quantitative estimate of drug-likeness (QED) is 0.667. The van der Waals surface area contributed by atoms with E-state index in [1.54, 1.807) is 17.5 Å². The minimum atomic E-state index is -3.67. The van der Waals surface area contributed by atoms with Gasteiger partial charge in [0.1, 0.15) is 10.3 Å². The average Bonchev–Trinajstić information content (AvgIpc) is 3.32. The maximum atomic E-state index is 13.0. The largest absolute Gasteiger partial charge is 0.301 e. The van der Waals surface area contributed by atoms with Gasteiger partial charge in [0.2, 0.25) is 5.91 Å². The normalized spacial score (nSPS) is 18.4. The molecule has 0 radical (unpaired) electrons. The van der Waals surface area contributed by atoms with E-state index in [0.717, 1.165) is 28.6 Å². The fourth-order valence-electron chi connectivity index (χ4n) is 3.40. The minimum Gasteiger partial charge on any atom is -0.301 e. The van der Waals surface area contributed by atoms with Crippen LogP contribution in [0.1, 0.15) is 30.4 Å². The monoisotopic (exact) mass is 435 g/mol. The fourth-order valence-corrected chi connectivity index (χ4v) is 7.13. The number of anilines is 1. The molecule has 28 heavy (non-hydrogen) atoms. The molecule has 0 saturated carbocycles. The lowest BCUT2D eigenvalue weighted by Gasteiger charge is -2.32. The number of hydrogen-bond donors (Lipinski definition) is 1. The van der Waals surface area contributed by atoms with Crippen LogP contribution >= 0.6 is 22.7 Å². The number of carbonyl (C=O) groups excluding carboxylic acids is 1. The van der Waals surface area contributed by atoms with Gasteiger partial charge in [-0.2, -0.15) is 4.31 Å². The van der Waals surface area contributed by atoms with Crippen LogP contribution in [0.3, 0.4) is 0 Å². The van der Waals surface area contributed by atoms with Crippen LogP contribution in [0, 0.1) is 13.8 Å². The van der Waals surface area contributed by atoms with Crippen LogP contribution in [0.2, 0.25) is 0 Å². The number of aromatic nitrogens is 1. The summed E-state index contributed by atoms with van der Waals surface area (Å²) in [5.41, 5.74) is 3.17. The van der Waals surface area contributed by atoms with Gasteiger partial charge < -0.3 is 5.32 Å². The summed E-state index contributed by atoms with van der Waals surface area (Å²) in [7, 11) is -3.67. The molecule has 0 spiro atoms. The molecule has 3 aromatic rings. The van der Waals surface area contributed by atoms with E-state index in [-0.39, 0.29) is 10.1 Å². The molecule has 0 bridgehead atoms. The Balaban J connectivity index is 1.59. The second-order valence-corrected chi connectivity index (χ2v) is 11.1. The maximum Gasteiger partial charge on any atom is 0.253 e. The lowest BCUT2D eigenvalue weighted by molar-refractivity contribution is -0.120. The van der Waals surface area contributed by atoms with Gasteiger partial charge in [-0.1, -0.05) is 23.8 Å². The topological polar surface area (TPSA) is 79.4 Å². The first-order chi connectivity index (χ1) is 13.4. The van der Waals surface area contributed by atoms with Gasteiger partial charge >= 0.3 is 0 Å². The summed E-state index contributed by atoms with van der Waals surface area (Å²) in [5.74, 6) is -0.313. The van der Waals surface area contributed by atoms with Crippen LogP contribution in [0.15, 0.2) is 33.9 Å². The molecule has 1 aliphatic rings. The molecule has 1 N–H and O–H groups in total. The van der Waals surface area contributed by atoms with Gasteiger partial charge in [-0.3, -0.25) is 4.79 Å². The van der Waals surface area contributed by atoms with Crippen molar-refractivity contribution in [2.45, 2.75) is 43.4 Å². The highest BCUT2D eigenvalue weighted by molar-refractivity contribution is 7.91. The molecule has 3 heterocycles. The lowest BCUT2D eigenvalue weighted by atomic mass is 10.0. The van der Waals surface area contributed by atoms with Crippen molar-refractivity contribution >= 4 is 54.0 Å². The third kappa shape index (κ3) is 3.59. The molecule has 9 heteroatoms. The van der Waals surface area contributed by atoms with Gasteiger partial charge in [0.15, 0.2) is 5.13 Å². The van der Waals surface area contributed by atoms with Crippen LogP contribution in [-0.4, -0.2) is 36.2 Å². The fraction of sp³-hybridized carbons (Fsp3) is 0.368. The molecular weight excluding hydrogens is 414 g/mol. The molecule has 148 valence electrons. The molecule has 2 aromatic heterocycles. The maximum absolute atomic E-state index is 13.0. The molecule has 1 saturated heterocycles. The lowest BCUT2D eigenvalue weighted by Crippen LogP contribution is -2.49. The average molecular weight is 436 g/mol. The number of thiazole rings is 1. The number of hydrogen-bond acceptors (Lipinski definition) is 6. The Hall–Kier alpha value is -1.81. The number of sulfonamides is 1. The van der Waals surface area contributed by atoms with Gasteiger partial charge in [-0.15, -0.1) is 11.3 Å². The van der Waals surface area contributed by atoms with Crippen molar-refractivity contribution in [2.75, 3.05) is 11.9 Å². The van der Waals surface area contributed by atoms with Crippen LogP contribution in [0.4, 0.5) is 5.13 Å². The van der Waals surface area contributed by atoms with E-state index in [0.29, 0.717) is 18.1 Å². The molecule has 4 rings (SSSR count). The second-order valence-electron chi connectivity index (χ2n) is 6.97. The van der Waals surface area contributed by atoms with Crippen molar-refractivity contribution in [3.05, 3.63) is 40.8 Å². The smallest absolute Gasteiger partial charge is 0.253 e. The Morgan fingerprint density at radius 3 is 2.79 bits per heavy atom. The zero-order chi connectivity index (χ0) is 19.9. The van der Waals surface area contributed by atoms with E-state index in [1.165, 1.54) is 32.5 Å². The predicted octanol–water partition coefficient (Wildman–Crippen LogP) is 4.16. The van der Waals surface area contributed by atoms with Crippen LogP contribution in [0.25, 0.3) is 10.2 Å². The van der Waals surface area contributed by atoms with Gasteiger partial charge in [0, 0.05) is 6.54 Å². The number of thiophene rings is 1. The first kappa shape index (κ1) is 19.5. The van der Waals surface area contributed by atoms with E-state index in [9.17, 15) is 13.2 Å². The summed E-state index contributed by atoms with van der Waals surface area (Å²) < 4.78 is 28.6. The SMILES string of the molecule is Cc1cc2nc(NC(=O)[C@H]3CCCCN3S(=O)(=O)c3cccs3)sc2cc1C. The Labute approximate surface area is 172 Å². The standard InChI is InChI=1S/C19H21N3O3S3/c1-12-10-14-16(11-13(12)2)27-19(20-14)21-18(23)15-6-3-4-8-22(15)28(24,25)17-7-5-9-26-17/h5,7,9-11,15H,3-4,6,8H2,1-2H3,(H,20,21,23)/t15-/m1/s1. The summed E-state index contributed by atoms with van der Waals surface area (Å²) in [5, 5.41) is 5.09. The Kier molecular flexibility index (Phi) is 5.26. The van der Waals surface area contributed by atoms with Crippen molar-refractivity contribution in [3.63, 3.8) is 0 Å². The number of carbonyl (C=O) groups is 1. The summed E-state index contributed by atoms with van der Waals surface area (Å²) in [6.45, 7) is 4.43. The molecule has 0 aliphatic carbocycles. The van der Waals surface area contributed by atoms with Crippen molar-refractivity contribution in [1.82, 2.24) is 9.29 Å². The van der Waals surface area contributed by atoms with Crippen LogP contribution in [-0.2, 0) is 14.8 Å². The molecule has 1 aromatic carbocycles. The first-order valence-corrected chi connectivity index (χ1v) is 12.2. The molecule has 1 atom stereocenters. The highest BCUT2D eigenvalue weighted by Crippen LogP contribution is 2.31. The van der Waals surface area contributed by atoms with Gasteiger partial charge in [-0.05, 0) is 61.4 Å². The molecule has 6 nitrogen and oxygen atoms in total. The van der Waals surface area contributed by atoms with Gasteiger partial charge in [-0.25, -0.2) is 13.4 Å². The number of rotatable bonds is 4. The Bertz CT molecular complexity index is 1080. The highest BCUT2D eigenvalue weighted by atomic mass is 32.2. The van der Waals surface area contributed by atoms with Crippen LogP contribution in [0.5, 0.6) is 0 Å². The zero-order valence-corrected chi connectivity index (χ0v) is 18.1. The number of nitrogens with zero attached hydrogens (tertiary/aromatic N) is 2. The Morgan fingerprint density at radius 2 is 2.04 bits per heavy atom. The molecule has 0 unspecified atom stereocenters. The number of piperidine rings is 1. The van der Waals surface area contributed by atoms with Gasteiger partial charge in [0.05, 0.1) is 10.2 Å². The molecule has 1 amide bonds. The molecule has 1 aliphatic heterocycles. The number of amides is 1. The summed E-state index contributed by atoms with van der Waals surface area (Å²) in [4.78, 5) is 17.5. The molecule has 1 fully saturated rings. The number of fused-ring (bicyclic) bond motifs is 1. The van der Waals surface area contributed by atoms with E-state index in [1.807, 2.05) is 19.9 Å². The summed E-state index contributed by atoms with van der Waals surface area (Å²) >= 11 is 2.59. The van der Waals surface area contributed by atoms with Crippen molar-refractivity contribution < 1.29 is 13.2 Å².